The van der Waals surface area contributed by atoms with E-state index in [2.05, 4.69) is 10.6 Å². The molecule has 0 saturated carbocycles. The smallest absolute Gasteiger partial charge is 0.312 e. The van der Waals surface area contributed by atoms with Gasteiger partial charge in [-0.15, -0.1) is 0 Å². The number of nitrogens with one attached hydrogen (secondary N) is 2. The number of primary amides is 1. The van der Waals surface area contributed by atoms with Gasteiger partial charge in [-0.1, -0.05) is 13.3 Å². The van der Waals surface area contributed by atoms with E-state index in [-0.39, 0.29) is 5.91 Å². The lowest BCUT2D eigenvalue weighted by atomic mass is 10.1. The molecule has 1 aromatic rings. The molecule has 0 fully saturated rings. The molecule has 0 aliphatic carbocycles. The average Bonchev–Trinajstić information content (AvgIpc) is 2.45. The second kappa shape index (κ2) is 8.80. The fraction of sp³-hybridized carbons (Fsp3) is 0.429. The Balaban J connectivity index is 2.61. The van der Waals surface area contributed by atoms with Gasteiger partial charge in [0.05, 0.1) is 0 Å². The quantitative estimate of drug-likeness (QED) is 0.567. The van der Waals surface area contributed by atoms with Crippen molar-refractivity contribution in [2.24, 2.45) is 11.5 Å². The van der Waals surface area contributed by atoms with Crippen LogP contribution >= 0.6 is 0 Å². The van der Waals surface area contributed by atoms with Crippen LogP contribution < -0.4 is 26.8 Å². The van der Waals surface area contributed by atoms with Gasteiger partial charge in [0.25, 0.3) is 0 Å². The third-order valence-electron chi connectivity index (χ3n) is 2.72. The van der Waals surface area contributed by atoms with Crippen LogP contribution in [0.3, 0.4) is 0 Å². The number of nitrogens with two attached hydrogens (primary N) is 2. The van der Waals surface area contributed by atoms with Crippen molar-refractivity contribution in [3.63, 3.8) is 0 Å². The molecule has 21 heavy (non-hydrogen) atoms. The molecule has 0 aliphatic rings. The first-order valence-electron chi connectivity index (χ1n) is 6.86. The molecule has 0 spiro atoms. The molecular formula is C14H22N4O3. The number of amides is 3. The summed E-state index contributed by atoms with van der Waals surface area (Å²) in [4.78, 5) is 23.0. The number of rotatable bonds is 8. The van der Waals surface area contributed by atoms with Crippen LogP contribution in [0.2, 0.25) is 0 Å². The summed E-state index contributed by atoms with van der Waals surface area (Å²) in [5.74, 6) is 0.380. The SMILES string of the molecule is CCC[C@@H](NC(N)=O)C(=O)Nc1ccc(OCCN)cc1. The van der Waals surface area contributed by atoms with E-state index in [1.54, 1.807) is 24.3 Å². The van der Waals surface area contributed by atoms with Crippen molar-refractivity contribution in [3.8, 4) is 5.75 Å². The van der Waals surface area contributed by atoms with Crippen molar-refractivity contribution in [2.45, 2.75) is 25.8 Å². The standard InChI is InChI=1S/C14H22N4O3/c1-2-3-12(18-14(16)20)13(19)17-10-4-6-11(7-5-10)21-9-8-15/h4-7,12H,2-3,8-9,15H2,1H3,(H,17,19)(H3,16,18,20)/t12-/m1/s1. The number of benzene rings is 1. The van der Waals surface area contributed by atoms with Crippen LogP contribution in [0.5, 0.6) is 5.75 Å². The normalized spacial score (nSPS) is 11.5. The number of anilines is 1. The Kier molecular flexibility index (Phi) is 7.03. The summed E-state index contributed by atoms with van der Waals surface area (Å²) in [6.07, 6.45) is 1.27. The van der Waals surface area contributed by atoms with Gasteiger partial charge in [0, 0.05) is 12.2 Å². The number of hydrogen-bond donors (Lipinski definition) is 4. The monoisotopic (exact) mass is 294 g/mol. The van der Waals surface area contributed by atoms with Gasteiger partial charge in [-0.3, -0.25) is 4.79 Å². The second-order valence-corrected chi connectivity index (χ2v) is 4.50. The molecule has 1 aromatic carbocycles. The number of urea groups is 1. The maximum atomic E-state index is 12.1. The molecule has 6 N–H and O–H groups in total. The molecule has 0 unspecified atom stereocenters. The van der Waals surface area contributed by atoms with E-state index in [0.717, 1.165) is 6.42 Å². The van der Waals surface area contributed by atoms with Crippen LogP contribution in [0.1, 0.15) is 19.8 Å². The zero-order chi connectivity index (χ0) is 15.7. The molecule has 0 heterocycles. The third-order valence-corrected chi connectivity index (χ3v) is 2.72. The number of carbonyl (C=O) groups excluding carboxylic acids is 2. The first kappa shape index (κ1) is 16.8. The molecule has 1 atom stereocenters. The molecule has 7 heteroatoms. The van der Waals surface area contributed by atoms with E-state index in [1.807, 2.05) is 6.92 Å². The second-order valence-electron chi connectivity index (χ2n) is 4.50. The fourth-order valence-corrected chi connectivity index (χ4v) is 1.77. The molecule has 1 rings (SSSR count). The molecule has 7 nitrogen and oxygen atoms in total. The molecule has 3 amide bonds. The van der Waals surface area contributed by atoms with Gasteiger partial charge in [0.1, 0.15) is 18.4 Å². The third kappa shape index (κ3) is 6.13. The van der Waals surface area contributed by atoms with Crippen molar-refractivity contribution >= 4 is 17.6 Å². The highest BCUT2D eigenvalue weighted by molar-refractivity contribution is 5.96. The van der Waals surface area contributed by atoms with E-state index in [4.69, 9.17) is 16.2 Å². The Labute approximate surface area is 124 Å². The Bertz CT molecular complexity index is 462. The molecule has 0 aromatic heterocycles. The summed E-state index contributed by atoms with van der Waals surface area (Å²) in [7, 11) is 0. The minimum Gasteiger partial charge on any atom is -0.492 e. The van der Waals surface area contributed by atoms with Crippen LogP contribution in [-0.4, -0.2) is 31.1 Å². The zero-order valence-electron chi connectivity index (χ0n) is 12.1. The van der Waals surface area contributed by atoms with Gasteiger partial charge in [0.2, 0.25) is 5.91 Å². The van der Waals surface area contributed by atoms with Crippen molar-refractivity contribution in [3.05, 3.63) is 24.3 Å². The van der Waals surface area contributed by atoms with Crippen LogP contribution in [0.15, 0.2) is 24.3 Å². The number of hydrogen-bond acceptors (Lipinski definition) is 4. The predicted molar refractivity (Wildman–Crippen MR) is 81.0 cm³/mol. The van der Waals surface area contributed by atoms with E-state index < -0.39 is 12.1 Å². The first-order chi connectivity index (χ1) is 10.1. The van der Waals surface area contributed by atoms with Gasteiger partial charge < -0.3 is 26.8 Å². The Morgan fingerprint density at radius 2 is 1.95 bits per heavy atom. The number of ether oxygens (including phenoxy) is 1. The predicted octanol–water partition coefficient (Wildman–Crippen LogP) is 0.800. The molecule has 0 bridgehead atoms. The Morgan fingerprint density at radius 1 is 1.29 bits per heavy atom. The summed E-state index contributed by atoms with van der Waals surface area (Å²) in [6, 6.07) is 5.56. The maximum Gasteiger partial charge on any atom is 0.312 e. The highest BCUT2D eigenvalue weighted by Crippen LogP contribution is 2.16. The number of carbonyl (C=O) groups is 2. The summed E-state index contributed by atoms with van der Waals surface area (Å²) < 4.78 is 5.34. The summed E-state index contributed by atoms with van der Waals surface area (Å²) in [5.41, 5.74) is 11.0. The van der Waals surface area contributed by atoms with Crippen LogP contribution in [-0.2, 0) is 4.79 Å². The van der Waals surface area contributed by atoms with Crippen molar-refractivity contribution in [2.75, 3.05) is 18.5 Å². The molecule has 0 saturated heterocycles. The van der Waals surface area contributed by atoms with Crippen molar-refractivity contribution < 1.29 is 14.3 Å². The van der Waals surface area contributed by atoms with Gasteiger partial charge in [-0.25, -0.2) is 4.79 Å². The topological polar surface area (TPSA) is 119 Å². The van der Waals surface area contributed by atoms with Crippen molar-refractivity contribution in [1.29, 1.82) is 0 Å². The van der Waals surface area contributed by atoms with Gasteiger partial charge in [-0.2, -0.15) is 0 Å². The van der Waals surface area contributed by atoms with E-state index >= 15 is 0 Å². The lowest BCUT2D eigenvalue weighted by Crippen LogP contribution is -2.46. The zero-order valence-corrected chi connectivity index (χ0v) is 12.1. The van der Waals surface area contributed by atoms with Gasteiger partial charge in [0.15, 0.2) is 0 Å². The van der Waals surface area contributed by atoms with Gasteiger partial charge >= 0.3 is 6.03 Å². The fourth-order valence-electron chi connectivity index (χ4n) is 1.77. The van der Waals surface area contributed by atoms with Crippen molar-refractivity contribution in [1.82, 2.24) is 5.32 Å². The minimum absolute atomic E-state index is 0.300. The lowest BCUT2D eigenvalue weighted by molar-refractivity contribution is -0.118. The molecule has 116 valence electrons. The van der Waals surface area contributed by atoms with Gasteiger partial charge in [-0.05, 0) is 30.7 Å². The summed E-state index contributed by atoms with van der Waals surface area (Å²) >= 11 is 0. The first-order valence-corrected chi connectivity index (χ1v) is 6.86. The highest BCUT2D eigenvalue weighted by atomic mass is 16.5. The summed E-state index contributed by atoms with van der Waals surface area (Å²) in [5, 5.41) is 5.15. The minimum atomic E-state index is -0.714. The Hall–Kier alpha value is -2.28. The highest BCUT2D eigenvalue weighted by Gasteiger charge is 2.18. The molecule has 0 radical (unpaired) electrons. The van der Waals surface area contributed by atoms with E-state index in [1.165, 1.54) is 0 Å². The molecule has 0 aliphatic heterocycles. The average molecular weight is 294 g/mol. The van der Waals surface area contributed by atoms with Crippen LogP contribution in [0.25, 0.3) is 0 Å². The van der Waals surface area contributed by atoms with Crippen LogP contribution in [0.4, 0.5) is 10.5 Å². The molecular weight excluding hydrogens is 272 g/mol. The van der Waals surface area contributed by atoms with E-state index in [0.29, 0.717) is 31.0 Å². The Morgan fingerprint density at radius 3 is 2.48 bits per heavy atom. The maximum absolute atomic E-state index is 12.1. The van der Waals surface area contributed by atoms with Crippen LogP contribution in [0, 0.1) is 0 Å². The summed E-state index contributed by atoms with van der Waals surface area (Å²) in [6.45, 7) is 2.80. The largest absolute Gasteiger partial charge is 0.492 e. The lowest BCUT2D eigenvalue weighted by Gasteiger charge is -2.16. The van der Waals surface area contributed by atoms with E-state index in [9.17, 15) is 9.59 Å².